The Bertz CT molecular complexity index is 813. The summed E-state index contributed by atoms with van der Waals surface area (Å²) in [6.45, 7) is 10.4. The van der Waals surface area contributed by atoms with Crippen molar-refractivity contribution < 1.29 is 13.9 Å². The van der Waals surface area contributed by atoms with E-state index in [1.165, 1.54) is 28.5 Å². The van der Waals surface area contributed by atoms with Crippen molar-refractivity contribution in [3.8, 4) is 0 Å². The molecular weight excluding hydrogens is 362 g/mol. The van der Waals surface area contributed by atoms with Gasteiger partial charge in [-0.2, -0.15) is 0 Å². The maximum atomic E-state index is 12.4. The van der Waals surface area contributed by atoms with Crippen molar-refractivity contribution in [3.05, 3.63) is 40.8 Å². The summed E-state index contributed by atoms with van der Waals surface area (Å²) in [7, 11) is 0. The van der Waals surface area contributed by atoms with Crippen molar-refractivity contribution in [3.63, 3.8) is 0 Å². The molecule has 1 aliphatic rings. The highest BCUT2D eigenvalue weighted by atomic mass is 32.2. The van der Waals surface area contributed by atoms with Gasteiger partial charge in [0.1, 0.15) is 11.6 Å². The van der Waals surface area contributed by atoms with Crippen LogP contribution in [-0.2, 0) is 10.5 Å². The SMILES string of the molecule is Cc1ccc(C)c(CSc2nnc([C@H]3CCCN3C(=O)OC(C)(C)C)o2)c1. The lowest BCUT2D eigenvalue weighted by atomic mass is 10.1. The van der Waals surface area contributed by atoms with Crippen LogP contribution >= 0.6 is 11.8 Å². The third kappa shape index (κ3) is 5.03. The third-order valence-corrected chi connectivity index (χ3v) is 5.31. The van der Waals surface area contributed by atoms with E-state index in [1.807, 2.05) is 20.8 Å². The molecule has 2 heterocycles. The van der Waals surface area contributed by atoms with Crippen LogP contribution in [0, 0.1) is 13.8 Å². The number of likely N-dealkylation sites (tertiary alicyclic amines) is 1. The first-order valence-corrected chi connectivity index (χ1v) is 10.2. The van der Waals surface area contributed by atoms with Gasteiger partial charge in [-0.3, -0.25) is 4.90 Å². The van der Waals surface area contributed by atoms with Gasteiger partial charge in [0, 0.05) is 12.3 Å². The molecule has 1 fully saturated rings. The number of carbonyl (C=O) groups excluding carboxylic acids is 1. The monoisotopic (exact) mass is 389 g/mol. The molecule has 1 saturated heterocycles. The molecule has 146 valence electrons. The largest absolute Gasteiger partial charge is 0.444 e. The molecule has 0 radical (unpaired) electrons. The van der Waals surface area contributed by atoms with E-state index in [-0.39, 0.29) is 12.1 Å². The molecule has 1 atom stereocenters. The molecule has 0 unspecified atom stereocenters. The maximum Gasteiger partial charge on any atom is 0.410 e. The van der Waals surface area contributed by atoms with E-state index in [2.05, 4.69) is 42.2 Å². The van der Waals surface area contributed by atoms with Gasteiger partial charge in [0.2, 0.25) is 5.89 Å². The van der Waals surface area contributed by atoms with Crippen LogP contribution in [0.25, 0.3) is 0 Å². The Kier molecular flexibility index (Phi) is 5.79. The Morgan fingerprint density at radius 3 is 2.85 bits per heavy atom. The minimum absolute atomic E-state index is 0.206. The number of carbonyl (C=O) groups is 1. The van der Waals surface area contributed by atoms with Crippen molar-refractivity contribution in [2.24, 2.45) is 0 Å². The molecule has 1 aliphatic heterocycles. The number of benzene rings is 1. The number of aromatic nitrogens is 2. The van der Waals surface area contributed by atoms with Crippen LogP contribution in [0.4, 0.5) is 4.79 Å². The Labute approximate surface area is 164 Å². The molecule has 1 amide bonds. The van der Waals surface area contributed by atoms with Gasteiger partial charge in [-0.25, -0.2) is 4.79 Å². The summed E-state index contributed by atoms with van der Waals surface area (Å²) in [5.74, 6) is 1.26. The molecule has 27 heavy (non-hydrogen) atoms. The molecule has 0 spiro atoms. The van der Waals surface area contributed by atoms with Crippen LogP contribution in [0.2, 0.25) is 0 Å². The molecule has 0 aliphatic carbocycles. The predicted molar refractivity (Wildman–Crippen MR) is 105 cm³/mol. The first-order valence-electron chi connectivity index (χ1n) is 9.25. The molecular formula is C20H27N3O3S. The molecule has 3 rings (SSSR count). The quantitative estimate of drug-likeness (QED) is 0.682. The van der Waals surface area contributed by atoms with Crippen LogP contribution in [0.3, 0.4) is 0 Å². The molecule has 1 aromatic heterocycles. The minimum Gasteiger partial charge on any atom is -0.444 e. The average Bonchev–Trinajstić information content (AvgIpc) is 3.22. The number of nitrogens with zero attached hydrogens (tertiary/aromatic N) is 3. The summed E-state index contributed by atoms with van der Waals surface area (Å²) in [6.07, 6.45) is 1.38. The van der Waals surface area contributed by atoms with Crippen LogP contribution in [-0.4, -0.2) is 33.3 Å². The van der Waals surface area contributed by atoms with Gasteiger partial charge in [-0.15, -0.1) is 10.2 Å². The second kappa shape index (κ2) is 7.92. The van der Waals surface area contributed by atoms with Crippen LogP contribution in [0.15, 0.2) is 27.8 Å². The van der Waals surface area contributed by atoms with E-state index in [1.54, 1.807) is 4.90 Å². The number of hydrogen-bond donors (Lipinski definition) is 0. The Morgan fingerprint density at radius 2 is 2.11 bits per heavy atom. The standard InChI is InChI=1S/C20H27N3O3S/c1-13-8-9-14(2)15(11-13)12-27-18-22-21-17(25-18)16-7-6-10-23(16)19(24)26-20(3,4)5/h8-9,11,16H,6-7,10,12H2,1-5H3/t16-/m1/s1. The van der Waals surface area contributed by atoms with E-state index in [4.69, 9.17) is 9.15 Å². The summed E-state index contributed by atoms with van der Waals surface area (Å²) in [6, 6.07) is 6.21. The van der Waals surface area contributed by atoms with E-state index in [9.17, 15) is 4.79 Å². The van der Waals surface area contributed by atoms with Gasteiger partial charge >= 0.3 is 6.09 Å². The summed E-state index contributed by atoms with van der Waals surface area (Å²) in [5.41, 5.74) is 3.23. The molecule has 1 aromatic carbocycles. The van der Waals surface area contributed by atoms with Gasteiger partial charge in [0.05, 0.1) is 0 Å². The number of aryl methyl sites for hydroxylation is 2. The molecule has 0 N–H and O–H groups in total. The average molecular weight is 390 g/mol. The van der Waals surface area contributed by atoms with E-state index >= 15 is 0 Å². The second-order valence-electron chi connectivity index (χ2n) is 7.96. The fourth-order valence-corrected chi connectivity index (χ4v) is 3.90. The lowest BCUT2D eigenvalue weighted by molar-refractivity contribution is 0.0201. The van der Waals surface area contributed by atoms with Gasteiger partial charge in [-0.1, -0.05) is 35.5 Å². The van der Waals surface area contributed by atoms with Gasteiger partial charge in [0.25, 0.3) is 5.22 Å². The van der Waals surface area contributed by atoms with Crippen molar-refractivity contribution in [2.75, 3.05) is 6.54 Å². The van der Waals surface area contributed by atoms with Crippen molar-refractivity contribution in [1.29, 1.82) is 0 Å². The topological polar surface area (TPSA) is 68.5 Å². The van der Waals surface area contributed by atoms with Gasteiger partial charge < -0.3 is 9.15 Å². The summed E-state index contributed by atoms with van der Waals surface area (Å²) >= 11 is 1.52. The first-order chi connectivity index (χ1) is 12.7. The number of rotatable bonds is 4. The highest BCUT2D eigenvalue weighted by molar-refractivity contribution is 7.98. The van der Waals surface area contributed by atoms with Crippen LogP contribution in [0.5, 0.6) is 0 Å². The Morgan fingerprint density at radius 1 is 1.33 bits per heavy atom. The normalized spacial score (nSPS) is 17.4. The van der Waals surface area contributed by atoms with E-state index in [0.29, 0.717) is 17.7 Å². The number of amides is 1. The highest BCUT2D eigenvalue weighted by Crippen LogP contribution is 2.34. The summed E-state index contributed by atoms with van der Waals surface area (Å²) < 4.78 is 11.4. The van der Waals surface area contributed by atoms with Crippen molar-refractivity contribution in [2.45, 2.75) is 70.1 Å². The third-order valence-electron chi connectivity index (χ3n) is 4.44. The first kappa shape index (κ1) is 19.7. The Balaban J connectivity index is 1.66. The smallest absolute Gasteiger partial charge is 0.410 e. The fraction of sp³-hybridized carbons (Fsp3) is 0.550. The number of hydrogen-bond acceptors (Lipinski definition) is 6. The summed E-state index contributed by atoms with van der Waals surface area (Å²) in [5, 5.41) is 8.89. The highest BCUT2D eigenvalue weighted by Gasteiger charge is 2.36. The van der Waals surface area contributed by atoms with E-state index in [0.717, 1.165) is 18.6 Å². The molecule has 2 aromatic rings. The van der Waals surface area contributed by atoms with Crippen LogP contribution in [0.1, 0.15) is 62.2 Å². The zero-order valence-corrected chi connectivity index (χ0v) is 17.4. The number of thioether (sulfide) groups is 1. The number of ether oxygens (including phenoxy) is 1. The van der Waals surface area contributed by atoms with Crippen molar-refractivity contribution in [1.82, 2.24) is 15.1 Å². The second-order valence-corrected chi connectivity index (χ2v) is 8.88. The van der Waals surface area contributed by atoms with Crippen molar-refractivity contribution >= 4 is 17.9 Å². The predicted octanol–water partition coefficient (Wildman–Crippen LogP) is 5.05. The molecule has 0 bridgehead atoms. The molecule has 6 nitrogen and oxygen atoms in total. The van der Waals surface area contributed by atoms with E-state index < -0.39 is 5.60 Å². The molecule has 0 saturated carbocycles. The lowest BCUT2D eigenvalue weighted by Crippen LogP contribution is -2.36. The summed E-state index contributed by atoms with van der Waals surface area (Å²) in [4.78, 5) is 14.1. The lowest BCUT2D eigenvalue weighted by Gasteiger charge is -2.27. The van der Waals surface area contributed by atoms with Gasteiger partial charge in [-0.05, 0) is 58.6 Å². The molecule has 7 heteroatoms. The van der Waals surface area contributed by atoms with Gasteiger partial charge in [0.15, 0.2) is 0 Å². The maximum absolute atomic E-state index is 12.4. The zero-order valence-electron chi connectivity index (χ0n) is 16.6. The zero-order chi connectivity index (χ0) is 19.6. The minimum atomic E-state index is -0.522. The Hall–Kier alpha value is -2.02. The fourth-order valence-electron chi connectivity index (χ4n) is 3.07. The van der Waals surface area contributed by atoms with Crippen LogP contribution < -0.4 is 0 Å².